The van der Waals surface area contributed by atoms with E-state index in [1.807, 2.05) is 18.2 Å². The lowest BCUT2D eigenvalue weighted by atomic mass is 9.91. The number of carboxylic acid groups (broad SMARTS) is 1. The number of rotatable bonds is 8. The highest BCUT2D eigenvalue weighted by Gasteiger charge is 2.31. The monoisotopic (exact) mass is 479 g/mol. The maximum absolute atomic E-state index is 11.1. The van der Waals surface area contributed by atoms with Gasteiger partial charge in [-0.15, -0.1) is 0 Å². The van der Waals surface area contributed by atoms with E-state index in [9.17, 15) is 4.79 Å². The lowest BCUT2D eigenvalue weighted by Gasteiger charge is -2.24. The summed E-state index contributed by atoms with van der Waals surface area (Å²) in [7, 11) is 0. The highest BCUT2D eigenvalue weighted by Crippen LogP contribution is 2.45. The first-order valence-corrected chi connectivity index (χ1v) is 11.9. The SMILES string of the molecule is CCCN(c1ncc(Cl)cn1)c1cccc2c1OC[C@H]2Cc1ccc2c(c1)OC[C@H]2CC(=O)O. The molecule has 0 unspecified atom stereocenters. The molecular formula is C26H26ClN3O4. The first-order valence-electron chi connectivity index (χ1n) is 11.5. The summed E-state index contributed by atoms with van der Waals surface area (Å²) in [6, 6.07) is 12.4. The average Bonchev–Trinajstić information content (AvgIpc) is 3.42. The molecule has 3 heterocycles. The number of ether oxygens (including phenoxy) is 2. The van der Waals surface area contributed by atoms with Gasteiger partial charge in [0, 0.05) is 29.5 Å². The summed E-state index contributed by atoms with van der Waals surface area (Å²) in [5, 5.41) is 9.63. The van der Waals surface area contributed by atoms with Crippen molar-refractivity contribution in [2.45, 2.75) is 38.0 Å². The first kappa shape index (κ1) is 22.5. The van der Waals surface area contributed by atoms with Crippen molar-refractivity contribution in [2.75, 3.05) is 24.7 Å². The number of anilines is 2. The number of halogens is 1. The smallest absolute Gasteiger partial charge is 0.304 e. The van der Waals surface area contributed by atoms with Crippen molar-refractivity contribution in [1.29, 1.82) is 0 Å². The second-order valence-electron chi connectivity index (χ2n) is 8.74. The molecule has 1 aromatic heterocycles. The van der Waals surface area contributed by atoms with E-state index in [0.717, 1.165) is 53.3 Å². The Kier molecular flexibility index (Phi) is 6.28. The molecule has 2 aromatic carbocycles. The van der Waals surface area contributed by atoms with E-state index in [-0.39, 0.29) is 18.3 Å². The van der Waals surface area contributed by atoms with Gasteiger partial charge in [-0.2, -0.15) is 0 Å². The van der Waals surface area contributed by atoms with Gasteiger partial charge in [-0.1, -0.05) is 42.8 Å². The third-order valence-corrected chi connectivity index (χ3v) is 6.54. The van der Waals surface area contributed by atoms with Crippen LogP contribution in [0.5, 0.6) is 11.5 Å². The van der Waals surface area contributed by atoms with E-state index in [1.54, 1.807) is 12.4 Å². The van der Waals surface area contributed by atoms with Crippen LogP contribution in [0.25, 0.3) is 0 Å². The van der Waals surface area contributed by atoms with Gasteiger partial charge in [0.1, 0.15) is 11.5 Å². The zero-order valence-corrected chi connectivity index (χ0v) is 19.7. The second-order valence-corrected chi connectivity index (χ2v) is 9.17. The molecule has 0 bridgehead atoms. The molecule has 0 amide bonds. The van der Waals surface area contributed by atoms with Gasteiger partial charge in [0.2, 0.25) is 5.95 Å². The summed E-state index contributed by atoms with van der Waals surface area (Å²) < 4.78 is 12.0. The summed E-state index contributed by atoms with van der Waals surface area (Å²) >= 11 is 5.99. The number of carboxylic acids is 1. The van der Waals surface area contributed by atoms with Crippen LogP contribution >= 0.6 is 11.6 Å². The van der Waals surface area contributed by atoms with Crippen molar-refractivity contribution >= 4 is 29.2 Å². The molecule has 2 aliphatic heterocycles. The number of benzene rings is 2. The van der Waals surface area contributed by atoms with Crippen LogP contribution in [0.3, 0.4) is 0 Å². The van der Waals surface area contributed by atoms with Crippen LogP contribution in [0, 0.1) is 0 Å². The minimum Gasteiger partial charge on any atom is -0.493 e. The topological polar surface area (TPSA) is 84.8 Å². The van der Waals surface area contributed by atoms with Crippen LogP contribution in [-0.4, -0.2) is 40.8 Å². The van der Waals surface area contributed by atoms with Crippen LogP contribution in [0.1, 0.15) is 48.3 Å². The van der Waals surface area contributed by atoms with Crippen molar-refractivity contribution in [3.63, 3.8) is 0 Å². The second kappa shape index (κ2) is 9.50. The predicted molar refractivity (Wildman–Crippen MR) is 130 cm³/mol. The molecule has 0 spiro atoms. The number of carbonyl (C=O) groups is 1. The van der Waals surface area contributed by atoms with Gasteiger partial charge in [-0.05, 0) is 30.5 Å². The highest BCUT2D eigenvalue weighted by atomic mass is 35.5. The lowest BCUT2D eigenvalue weighted by molar-refractivity contribution is -0.137. The van der Waals surface area contributed by atoms with E-state index >= 15 is 0 Å². The molecule has 0 fully saturated rings. The maximum Gasteiger partial charge on any atom is 0.304 e. The van der Waals surface area contributed by atoms with Crippen LogP contribution in [0.4, 0.5) is 11.6 Å². The number of hydrogen-bond acceptors (Lipinski definition) is 6. The Morgan fingerprint density at radius 2 is 1.91 bits per heavy atom. The Hall–Kier alpha value is -3.32. The van der Waals surface area contributed by atoms with E-state index in [2.05, 4.69) is 40.0 Å². The fourth-order valence-electron chi connectivity index (χ4n) is 4.79. The van der Waals surface area contributed by atoms with E-state index in [0.29, 0.717) is 24.2 Å². The predicted octanol–water partition coefficient (Wildman–Crippen LogP) is 5.35. The molecule has 3 aromatic rings. The molecule has 1 N–H and O–H groups in total. The lowest BCUT2D eigenvalue weighted by Crippen LogP contribution is -2.20. The van der Waals surface area contributed by atoms with E-state index in [4.69, 9.17) is 26.2 Å². The Labute approximate surface area is 203 Å². The molecule has 34 heavy (non-hydrogen) atoms. The van der Waals surface area contributed by atoms with Crippen LogP contribution in [0.2, 0.25) is 5.02 Å². The van der Waals surface area contributed by atoms with Crippen molar-refractivity contribution < 1.29 is 19.4 Å². The summed E-state index contributed by atoms with van der Waals surface area (Å²) in [6.45, 7) is 3.88. The van der Waals surface area contributed by atoms with E-state index in [1.165, 1.54) is 0 Å². The third kappa shape index (κ3) is 4.40. The van der Waals surface area contributed by atoms with E-state index < -0.39 is 5.97 Å². The summed E-state index contributed by atoms with van der Waals surface area (Å²) in [5.74, 6) is 1.59. The number of aromatic nitrogens is 2. The zero-order valence-electron chi connectivity index (χ0n) is 18.9. The molecule has 176 valence electrons. The molecule has 2 aliphatic rings. The van der Waals surface area contributed by atoms with Crippen molar-refractivity contribution in [3.05, 3.63) is 70.5 Å². The Morgan fingerprint density at radius 3 is 2.68 bits per heavy atom. The average molecular weight is 480 g/mol. The molecule has 0 saturated heterocycles. The van der Waals surface area contributed by atoms with Gasteiger partial charge in [0.05, 0.1) is 42.7 Å². The third-order valence-electron chi connectivity index (χ3n) is 6.34. The molecular weight excluding hydrogens is 454 g/mol. The van der Waals surface area contributed by atoms with Gasteiger partial charge in [0.15, 0.2) is 0 Å². The summed E-state index contributed by atoms with van der Waals surface area (Å²) in [5.41, 5.74) is 4.25. The maximum atomic E-state index is 11.1. The molecule has 5 rings (SSSR count). The number of hydrogen-bond donors (Lipinski definition) is 1. The van der Waals surface area contributed by atoms with Crippen molar-refractivity contribution in [3.8, 4) is 11.5 Å². The number of para-hydroxylation sites is 1. The van der Waals surface area contributed by atoms with Crippen LogP contribution in [-0.2, 0) is 11.2 Å². The molecule has 0 saturated carbocycles. The highest BCUT2D eigenvalue weighted by molar-refractivity contribution is 6.30. The Bertz CT molecular complexity index is 1200. The van der Waals surface area contributed by atoms with Crippen LogP contribution in [0.15, 0.2) is 48.8 Å². The fourth-order valence-corrected chi connectivity index (χ4v) is 4.88. The number of aliphatic carboxylic acids is 1. The van der Waals surface area contributed by atoms with Crippen molar-refractivity contribution in [1.82, 2.24) is 9.97 Å². The minimum absolute atomic E-state index is 0.0840. The fraction of sp³-hybridized carbons (Fsp3) is 0.346. The normalized spacial score (nSPS) is 18.1. The number of nitrogens with zero attached hydrogens (tertiary/aromatic N) is 3. The molecule has 7 nitrogen and oxygen atoms in total. The van der Waals surface area contributed by atoms with Gasteiger partial charge in [0.25, 0.3) is 0 Å². The summed E-state index contributed by atoms with van der Waals surface area (Å²) in [4.78, 5) is 22.0. The first-order chi connectivity index (χ1) is 16.5. The largest absolute Gasteiger partial charge is 0.493 e. The molecule has 2 atom stereocenters. The van der Waals surface area contributed by atoms with Crippen LogP contribution < -0.4 is 14.4 Å². The Balaban J connectivity index is 1.39. The molecule has 0 aliphatic carbocycles. The van der Waals surface area contributed by atoms with Gasteiger partial charge in [-0.3, -0.25) is 4.79 Å². The van der Waals surface area contributed by atoms with Gasteiger partial charge in [-0.25, -0.2) is 9.97 Å². The minimum atomic E-state index is -0.804. The van der Waals surface area contributed by atoms with Crippen molar-refractivity contribution in [2.24, 2.45) is 0 Å². The Morgan fingerprint density at radius 1 is 1.12 bits per heavy atom. The number of fused-ring (bicyclic) bond motifs is 2. The van der Waals surface area contributed by atoms with Gasteiger partial charge < -0.3 is 19.5 Å². The van der Waals surface area contributed by atoms with Gasteiger partial charge >= 0.3 is 5.97 Å². The zero-order chi connectivity index (χ0) is 23.7. The summed E-state index contributed by atoms with van der Waals surface area (Å²) in [6.07, 6.45) is 5.04. The molecule has 8 heteroatoms. The standard InChI is InChI=1S/C26H26ClN3O4/c1-2-8-30(26-28-12-19(27)13-29-26)22-5-3-4-21-17(15-34-25(21)22)9-16-6-7-20-18(11-24(31)32)14-33-23(20)10-16/h3-7,10,12-13,17-18H,2,8-9,11,14-15H2,1H3,(H,31,32)/t17-,18-/m1/s1. The molecule has 0 radical (unpaired) electrons. The quantitative estimate of drug-likeness (QED) is 0.466.